The van der Waals surface area contributed by atoms with Crippen molar-refractivity contribution in [3.8, 4) is 0 Å². The van der Waals surface area contributed by atoms with Crippen molar-refractivity contribution in [3.05, 3.63) is 58.1 Å². The van der Waals surface area contributed by atoms with E-state index in [0.29, 0.717) is 11.3 Å². The monoisotopic (exact) mass is 389 g/mol. The number of anilines is 1. The van der Waals surface area contributed by atoms with E-state index in [4.69, 9.17) is 16.3 Å². The van der Waals surface area contributed by atoms with Gasteiger partial charge in [-0.05, 0) is 55.1 Å². The average molecular weight is 390 g/mol. The van der Waals surface area contributed by atoms with Crippen LogP contribution in [-0.4, -0.2) is 30.5 Å². The summed E-state index contributed by atoms with van der Waals surface area (Å²) >= 11 is 7.52. The van der Waals surface area contributed by atoms with Gasteiger partial charge in [-0.25, -0.2) is 4.79 Å². The molecule has 0 radical (unpaired) electrons. The smallest absolute Gasteiger partial charge is 0.340 e. The molecule has 5 nitrogen and oxygen atoms in total. The molecular weight excluding hydrogens is 374 g/mol. The first-order valence-electron chi connectivity index (χ1n) is 7.89. The van der Waals surface area contributed by atoms with Gasteiger partial charge in [0.25, 0.3) is 0 Å². The lowest BCUT2D eigenvalue weighted by Crippen LogP contribution is -2.15. The molecule has 1 atom stereocenters. The van der Waals surface area contributed by atoms with Gasteiger partial charge in [0.15, 0.2) is 12.4 Å². The van der Waals surface area contributed by atoms with E-state index in [1.165, 1.54) is 11.8 Å². The molecular formula is C19H16ClNO4S. The van der Waals surface area contributed by atoms with Crippen LogP contribution in [0.1, 0.15) is 39.1 Å². The Balaban J connectivity index is 1.70. The second-order valence-corrected chi connectivity index (χ2v) is 7.14. The Morgan fingerprint density at radius 1 is 1.23 bits per heavy atom. The van der Waals surface area contributed by atoms with Gasteiger partial charge < -0.3 is 10.1 Å². The number of halogens is 1. The molecule has 0 aromatic heterocycles. The summed E-state index contributed by atoms with van der Waals surface area (Å²) in [6.07, 6.45) is 1.89. The topological polar surface area (TPSA) is 72.5 Å². The van der Waals surface area contributed by atoms with E-state index < -0.39 is 12.6 Å². The molecule has 1 aliphatic heterocycles. The first-order valence-corrected chi connectivity index (χ1v) is 9.49. The summed E-state index contributed by atoms with van der Waals surface area (Å²) in [5.41, 5.74) is 2.09. The van der Waals surface area contributed by atoms with E-state index in [9.17, 15) is 14.4 Å². The largest absolute Gasteiger partial charge is 0.454 e. The van der Waals surface area contributed by atoms with Crippen molar-refractivity contribution in [3.63, 3.8) is 0 Å². The maximum Gasteiger partial charge on any atom is 0.340 e. The lowest BCUT2D eigenvalue weighted by molar-refractivity contribution is -0.116. The summed E-state index contributed by atoms with van der Waals surface area (Å²) in [6.45, 7) is 1.38. The molecule has 1 heterocycles. The van der Waals surface area contributed by atoms with E-state index in [1.54, 1.807) is 43.3 Å². The van der Waals surface area contributed by atoms with Gasteiger partial charge in [0.05, 0.1) is 16.5 Å². The molecule has 0 bridgehead atoms. The van der Waals surface area contributed by atoms with Crippen molar-refractivity contribution in [2.45, 2.75) is 17.7 Å². The zero-order chi connectivity index (χ0) is 18.8. The number of esters is 1. The average Bonchev–Trinajstić information content (AvgIpc) is 2.93. The molecule has 0 fully saturated rings. The fourth-order valence-corrected chi connectivity index (χ4v) is 3.30. The van der Waals surface area contributed by atoms with E-state index in [0.717, 1.165) is 10.5 Å². The van der Waals surface area contributed by atoms with Crippen molar-refractivity contribution >= 4 is 46.7 Å². The van der Waals surface area contributed by atoms with E-state index in [-0.39, 0.29) is 28.2 Å². The predicted molar refractivity (Wildman–Crippen MR) is 101 cm³/mol. The third-order valence-electron chi connectivity index (χ3n) is 4.22. The zero-order valence-electron chi connectivity index (χ0n) is 14.2. The summed E-state index contributed by atoms with van der Waals surface area (Å²) < 4.78 is 5.13. The molecule has 0 saturated carbocycles. The minimum Gasteiger partial charge on any atom is -0.454 e. The van der Waals surface area contributed by atoms with Crippen molar-refractivity contribution in [2.75, 3.05) is 18.2 Å². The van der Waals surface area contributed by atoms with Crippen molar-refractivity contribution in [1.82, 2.24) is 0 Å². The second-order valence-electron chi connectivity index (χ2n) is 5.86. The minimum absolute atomic E-state index is 0.0978. The Bertz CT molecular complexity index is 912. The first-order chi connectivity index (χ1) is 12.4. The van der Waals surface area contributed by atoms with Gasteiger partial charge in [0, 0.05) is 16.1 Å². The molecule has 2 aromatic rings. The number of ketones is 1. The molecule has 0 saturated heterocycles. The number of thioether (sulfide) groups is 1. The van der Waals surface area contributed by atoms with Crippen molar-refractivity contribution < 1.29 is 19.1 Å². The summed E-state index contributed by atoms with van der Waals surface area (Å²) in [6, 6.07) is 10.0. The minimum atomic E-state index is -0.648. The summed E-state index contributed by atoms with van der Waals surface area (Å²) in [7, 11) is 0. The highest BCUT2D eigenvalue weighted by Gasteiger charge is 2.27. The van der Waals surface area contributed by atoms with E-state index >= 15 is 0 Å². The van der Waals surface area contributed by atoms with Gasteiger partial charge in [-0.1, -0.05) is 11.6 Å². The quantitative estimate of drug-likeness (QED) is 0.472. The third-order valence-corrected chi connectivity index (χ3v) is 5.27. The summed E-state index contributed by atoms with van der Waals surface area (Å²) in [4.78, 5) is 37.1. The SMILES string of the molecule is CSc1ccc(Cl)c(C(=O)OCC(=O)c2ccc3c(c2)[C@@H](C)C(=O)N3)c1. The molecule has 3 rings (SSSR count). The maximum absolute atomic E-state index is 12.4. The molecule has 0 spiro atoms. The van der Waals surface area contributed by atoms with Crippen LogP contribution in [0.3, 0.4) is 0 Å². The van der Waals surface area contributed by atoms with Crippen LogP contribution < -0.4 is 5.32 Å². The Morgan fingerprint density at radius 2 is 2.00 bits per heavy atom. The number of carbonyl (C=O) groups is 3. The van der Waals surface area contributed by atoms with E-state index in [2.05, 4.69) is 5.32 Å². The number of fused-ring (bicyclic) bond motifs is 1. The maximum atomic E-state index is 12.4. The molecule has 1 N–H and O–H groups in total. The fourth-order valence-electron chi connectivity index (χ4n) is 2.67. The van der Waals surface area contributed by atoms with Gasteiger partial charge in [0.1, 0.15) is 0 Å². The van der Waals surface area contributed by atoms with Crippen molar-refractivity contribution in [1.29, 1.82) is 0 Å². The number of benzene rings is 2. The molecule has 1 amide bonds. The van der Waals surface area contributed by atoms with Crippen molar-refractivity contribution in [2.24, 2.45) is 0 Å². The number of amides is 1. The number of ether oxygens (including phenoxy) is 1. The molecule has 0 unspecified atom stereocenters. The highest BCUT2D eigenvalue weighted by Crippen LogP contribution is 2.32. The summed E-state index contributed by atoms with van der Waals surface area (Å²) in [5.74, 6) is -1.40. The number of hydrogen-bond donors (Lipinski definition) is 1. The predicted octanol–water partition coefficient (Wildman–Crippen LogP) is 4.16. The van der Waals surface area contributed by atoms with Crippen LogP contribution >= 0.6 is 23.4 Å². The normalized spacial score (nSPS) is 15.3. The third kappa shape index (κ3) is 3.61. The van der Waals surface area contributed by atoms with Crippen LogP contribution in [0.4, 0.5) is 5.69 Å². The van der Waals surface area contributed by atoms with Gasteiger partial charge in [-0.2, -0.15) is 0 Å². The van der Waals surface area contributed by atoms with Crippen LogP contribution in [0.2, 0.25) is 5.02 Å². The standard InChI is InChI=1S/C19H16ClNO4S/c1-10-13-7-11(3-6-16(13)21-18(10)23)17(22)9-25-19(24)14-8-12(26-2)4-5-15(14)20/h3-8,10H,9H2,1-2H3,(H,21,23)/t10-/m1/s1. The second kappa shape index (κ2) is 7.51. The lowest BCUT2D eigenvalue weighted by atomic mass is 9.99. The fraction of sp³-hybridized carbons (Fsp3) is 0.211. The Kier molecular flexibility index (Phi) is 5.34. The van der Waals surface area contributed by atoms with E-state index in [1.807, 2.05) is 6.26 Å². The Hall–Kier alpha value is -2.31. The Morgan fingerprint density at radius 3 is 2.73 bits per heavy atom. The van der Waals surface area contributed by atoms with Crippen LogP contribution in [0.25, 0.3) is 0 Å². The number of carbonyl (C=O) groups excluding carboxylic acids is 3. The molecule has 1 aliphatic rings. The zero-order valence-corrected chi connectivity index (χ0v) is 15.7. The molecule has 134 valence electrons. The number of hydrogen-bond acceptors (Lipinski definition) is 5. The van der Waals surface area contributed by atoms with Gasteiger partial charge >= 0.3 is 5.97 Å². The lowest BCUT2D eigenvalue weighted by Gasteiger charge is -2.08. The highest BCUT2D eigenvalue weighted by atomic mass is 35.5. The molecule has 2 aromatic carbocycles. The van der Waals surface area contributed by atoms with Crippen LogP contribution in [0.5, 0.6) is 0 Å². The Labute approximate surface area is 160 Å². The number of Topliss-reactive ketones (excluding diaryl/α,β-unsaturated/α-hetero) is 1. The van der Waals surface area contributed by atoms with Crippen LogP contribution in [0.15, 0.2) is 41.3 Å². The van der Waals surface area contributed by atoms with Gasteiger partial charge in [0.2, 0.25) is 5.91 Å². The molecule has 26 heavy (non-hydrogen) atoms. The first kappa shape index (κ1) is 18.5. The molecule has 0 aliphatic carbocycles. The molecule has 7 heteroatoms. The van der Waals surface area contributed by atoms with Crippen LogP contribution in [0, 0.1) is 0 Å². The van der Waals surface area contributed by atoms with Gasteiger partial charge in [-0.15, -0.1) is 11.8 Å². The number of nitrogens with one attached hydrogen (secondary N) is 1. The van der Waals surface area contributed by atoms with Crippen LogP contribution in [-0.2, 0) is 9.53 Å². The highest BCUT2D eigenvalue weighted by molar-refractivity contribution is 7.98. The summed E-state index contributed by atoms with van der Waals surface area (Å²) in [5, 5.41) is 3.02. The van der Waals surface area contributed by atoms with Gasteiger partial charge in [-0.3, -0.25) is 9.59 Å². The number of rotatable bonds is 5.